The Morgan fingerprint density at radius 1 is 0.902 bits per heavy atom. The molecule has 0 radical (unpaired) electrons. The van der Waals surface area contributed by atoms with Crippen molar-refractivity contribution in [1.29, 1.82) is 0 Å². The Kier molecular flexibility index (Phi) is 8.98. The smallest absolute Gasteiger partial charge is 0.317 e. The average Bonchev–Trinajstić information content (AvgIpc) is 3.01. The van der Waals surface area contributed by atoms with Crippen molar-refractivity contribution in [3.05, 3.63) is 123 Å². The summed E-state index contributed by atoms with van der Waals surface area (Å²) < 4.78 is 0. The Labute approximate surface area is 241 Å². The van der Waals surface area contributed by atoms with Crippen LogP contribution in [0.3, 0.4) is 0 Å². The summed E-state index contributed by atoms with van der Waals surface area (Å²) in [4.78, 5) is 39.5. The summed E-state index contributed by atoms with van der Waals surface area (Å²) >= 11 is 0. The van der Waals surface area contributed by atoms with Gasteiger partial charge in [-0.05, 0) is 48.2 Å². The zero-order valence-electron chi connectivity index (χ0n) is 23.8. The molecule has 4 aromatic rings. The predicted octanol–water partition coefficient (Wildman–Crippen LogP) is 4.88. The number of aromatic nitrogens is 2. The highest BCUT2D eigenvalue weighted by molar-refractivity contribution is 5.75. The SMILES string of the molecule is CCc1cc(CNC(=O)N2CCN(c3ncccc3N(Cc3ccccc3)Cc3ccccc3)CC2)c(=O)[nH]c1C. The highest BCUT2D eigenvalue weighted by Crippen LogP contribution is 2.30. The van der Waals surface area contributed by atoms with Crippen molar-refractivity contribution in [3.8, 4) is 0 Å². The highest BCUT2D eigenvalue weighted by Gasteiger charge is 2.25. The fourth-order valence-corrected chi connectivity index (χ4v) is 5.33. The van der Waals surface area contributed by atoms with E-state index in [1.54, 1.807) is 0 Å². The van der Waals surface area contributed by atoms with Crippen LogP contribution >= 0.6 is 0 Å². The highest BCUT2D eigenvalue weighted by atomic mass is 16.2. The second kappa shape index (κ2) is 13.2. The number of aryl methyl sites for hydroxylation is 2. The van der Waals surface area contributed by atoms with E-state index in [-0.39, 0.29) is 18.1 Å². The molecule has 1 saturated heterocycles. The summed E-state index contributed by atoms with van der Waals surface area (Å²) in [6, 6.07) is 26.8. The van der Waals surface area contributed by atoms with Crippen LogP contribution in [0.2, 0.25) is 0 Å². The molecule has 8 heteroatoms. The topological polar surface area (TPSA) is 84.6 Å². The molecule has 2 aromatic heterocycles. The number of carbonyl (C=O) groups is 1. The van der Waals surface area contributed by atoms with Gasteiger partial charge in [0.15, 0.2) is 5.82 Å². The zero-order valence-corrected chi connectivity index (χ0v) is 23.8. The number of nitrogens with one attached hydrogen (secondary N) is 2. The van der Waals surface area contributed by atoms with E-state index in [0.717, 1.165) is 42.3 Å². The van der Waals surface area contributed by atoms with Crippen molar-refractivity contribution >= 4 is 17.5 Å². The number of anilines is 2. The van der Waals surface area contributed by atoms with E-state index >= 15 is 0 Å². The number of aromatic amines is 1. The van der Waals surface area contributed by atoms with Crippen molar-refractivity contribution in [2.45, 2.75) is 39.9 Å². The van der Waals surface area contributed by atoms with Crippen molar-refractivity contribution in [2.75, 3.05) is 36.0 Å². The van der Waals surface area contributed by atoms with Gasteiger partial charge in [0.05, 0.1) is 5.69 Å². The summed E-state index contributed by atoms with van der Waals surface area (Å²) in [5.74, 6) is 0.928. The lowest BCUT2D eigenvalue weighted by Crippen LogP contribution is -2.52. The van der Waals surface area contributed by atoms with Crippen LogP contribution in [0.1, 0.15) is 34.9 Å². The second-order valence-corrected chi connectivity index (χ2v) is 10.4. The van der Waals surface area contributed by atoms with Crippen LogP contribution in [0.5, 0.6) is 0 Å². The molecule has 0 unspecified atom stereocenters. The van der Waals surface area contributed by atoms with Gasteiger partial charge in [-0.15, -0.1) is 0 Å². The van der Waals surface area contributed by atoms with E-state index in [0.29, 0.717) is 31.7 Å². The molecule has 0 saturated carbocycles. The Balaban J connectivity index is 1.27. The standard InChI is InChI=1S/C33H38N6O2/c1-3-28-21-29(32(40)36-25(28)2)22-35-33(41)38-19-17-37(18-20-38)31-30(15-10-16-34-31)39(23-26-11-6-4-7-12-26)24-27-13-8-5-9-14-27/h4-16,21H,3,17-20,22-24H2,1-2H3,(H,35,41)(H,36,40). The molecule has 2 aromatic carbocycles. The molecule has 3 heterocycles. The fraction of sp³-hybridized carbons (Fsp3) is 0.303. The van der Waals surface area contributed by atoms with Crippen molar-refractivity contribution < 1.29 is 4.79 Å². The molecule has 2 N–H and O–H groups in total. The molecule has 1 fully saturated rings. The van der Waals surface area contributed by atoms with Crippen molar-refractivity contribution in [1.82, 2.24) is 20.2 Å². The minimum absolute atomic E-state index is 0.150. The second-order valence-electron chi connectivity index (χ2n) is 10.4. The first-order chi connectivity index (χ1) is 20.0. The summed E-state index contributed by atoms with van der Waals surface area (Å²) in [5, 5.41) is 2.94. The number of H-pyrrole nitrogens is 1. The third-order valence-corrected chi connectivity index (χ3v) is 7.64. The normalized spacial score (nSPS) is 13.2. The van der Waals surface area contributed by atoms with Gasteiger partial charge in [-0.2, -0.15) is 0 Å². The number of hydrogen-bond acceptors (Lipinski definition) is 5. The van der Waals surface area contributed by atoms with Gasteiger partial charge < -0.3 is 25.0 Å². The van der Waals surface area contributed by atoms with Gasteiger partial charge in [-0.3, -0.25) is 4.79 Å². The monoisotopic (exact) mass is 550 g/mol. The van der Waals surface area contributed by atoms with Gasteiger partial charge in [0.1, 0.15) is 0 Å². The quantitative estimate of drug-likeness (QED) is 0.310. The fourth-order valence-electron chi connectivity index (χ4n) is 5.33. The number of nitrogens with zero attached hydrogens (tertiary/aromatic N) is 4. The molecule has 1 aliphatic rings. The van der Waals surface area contributed by atoms with E-state index < -0.39 is 0 Å². The first kappa shape index (κ1) is 28.0. The van der Waals surface area contributed by atoms with Gasteiger partial charge in [0, 0.05) is 63.3 Å². The number of carbonyl (C=O) groups excluding carboxylic acids is 1. The molecule has 0 bridgehead atoms. The van der Waals surface area contributed by atoms with Gasteiger partial charge in [0.2, 0.25) is 0 Å². The van der Waals surface area contributed by atoms with E-state index in [2.05, 4.69) is 81.6 Å². The number of urea groups is 1. The number of amides is 2. The number of piperazine rings is 1. The number of pyridine rings is 2. The minimum Gasteiger partial charge on any atom is -0.360 e. The summed E-state index contributed by atoms with van der Waals surface area (Å²) in [7, 11) is 0. The lowest BCUT2D eigenvalue weighted by molar-refractivity contribution is 0.194. The van der Waals surface area contributed by atoms with Crippen molar-refractivity contribution in [2.24, 2.45) is 0 Å². The van der Waals surface area contributed by atoms with E-state index in [9.17, 15) is 9.59 Å². The van der Waals surface area contributed by atoms with Crippen LogP contribution in [-0.4, -0.2) is 47.1 Å². The first-order valence-electron chi connectivity index (χ1n) is 14.3. The van der Waals surface area contributed by atoms with Crippen LogP contribution in [0.25, 0.3) is 0 Å². The first-order valence-corrected chi connectivity index (χ1v) is 14.3. The maximum atomic E-state index is 13.0. The molecule has 5 rings (SSSR count). The molecule has 41 heavy (non-hydrogen) atoms. The van der Waals surface area contributed by atoms with Crippen LogP contribution in [0.15, 0.2) is 89.9 Å². The molecule has 8 nitrogen and oxygen atoms in total. The lowest BCUT2D eigenvalue weighted by atomic mass is 10.1. The third-order valence-electron chi connectivity index (χ3n) is 7.64. The molecule has 0 spiro atoms. The summed E-state index contributed by atoms with van der Waals surface area (Å²) in [5.41, 5.74) is 5.93. The van der Waals surface area contributed by atoms with Crippen molar-refractivity contribution in [3.63, 3.8) is 0 Å². The summed E-state index contributed by atoms with van der Waals surface area (Å²) in [6.45, 7) is 8.17. The Morgan fingerprint density at radius 3 is 2.15 bits per heavy atom. The van der Waals surface area contributed by atoms with Gasteiger partial charge >= 0.3 is 6.03 Å². The Hall–Kier alpha value is -4.59. The van der Waals surface area contributed by atoms with E-state index in [1.165, 1.54) is 11.1 Å². The third kappa shape index (κ3) is 6.95. The molecule has 2 amide bonds. The molecule has 1 aliphatic heterocycles. The Bertz CT molecular complexity index is 1460. The van der Waals surface area contributed by atoms with Crippen LogP contribution < -0.4 is 20.7 Å². The van der Waals surface area contributed by atoms with Gasteiger partial charge in [-0.25, -0.2) is 9.78 Å². The van der Waals surface area contributed by atoms with Gasteiger partial charge in [0.25, 0.3) is 5.56 Å². The molecular formula is C33H38N6O2. The lowest BCUT2D eigenvalue weighted by Gasteiger charge is -2.37. The number of hydrogen-bond donors (Lipinski definition) is 2. The number of rotatable bonds is 9. The number of benzene rings is 2. The molecule has 0 aliphatic carbocycles. The summed E-state index contributed by atoms with van der Waals surface area (Å²) in [6.07, 6.45) is 2.67. The maximum Gasteiger partial charge on any atom is 0.317 e. The van der Waals surface area contributed by atoms with Gasteiger partial charge in [-0.1, -0.05) is 67.6 Å². The Morgan fingerprint density at radius 2 is 1.54 bits per heavy atom. The van der Waals surface area contributed by atoms with E-state index in [4.69, 9.17) is 4.98 Å². The largest absolute Gasteiger partial charge is 0.360 e. The molecular weight excluding hydrogens is 512 g/mol. The van der Waals surface area contributed by atoms with Crippen LogP contribution in [0, 0.1) is 6.92 Å². The average molecular weight is 551 g/mol. The molecule has 0 atom stereocenters. The van der Waals surface area contributed by atoms with Crippen LogP contribution in [0.4, 0.5) is 16.3 Å². The van der Waals surface area contributed by atoms with E-state index in [1.807, 2.05) is 42.3 Å². The molecule has 212 valence electrons. The van der Waals surface area contributed by atoms with Crippen LogP contribution in [-0.2, 0) is 26.1 Å². The predicted molar refractivity (Wildman–Crippen MR) is 164 cm³/mol. The minimum atomic E-state index is -0.154. The zero-order chi connectivity index (χ0) is 28.6. The maximum absolute atomic E-state index is 13.0.